The summed E-state index contributed by atoms with van der Waals surface area (Å²) in [4.78, 5) is 12.6. The summed E-state index contributed by atoms with van der Waals surface area (Å²) in [5.74, 6) is 0.968. The third kappa shape index (κ3) is 6.57. The number of sulfonamides is 1. The van der Waals surface area contributed by atoms with Crippen LogP contribution in [0.3, 0.4) is 0 Å². The molecule has 0 unspecified atom stereocenters. The van der Waals surface area contributed by atoms with Crippen LogP contribution in [0.1, 0.15) is 30.5 Å². The molecule has 0 saturated carbocycles. The van der Waals surface area contributed by atoms with E-state index in [2.05, 4.69) is 10.0 Å². The second-order valence-corrected chi connectivity index (χ2v) is 9.23. The van der Waals surface area contributed by atoms with Crippen LogP contribution in [0.2, 0.25) is 0 Å². The molecular weight excluding hydrogens is 440 g/mol. The fourth-order valence-electron chi connectivity index (χ4n) is 3.32. The molecule has 0 aromatic heterocycles. The molecule has 0 aliphatic carbocycles. The number of aryl methyl sites for hydroxylation is 1. The number of carbonyl (C=O) groups is 1. The lowest BCUT2D eigenvalue weighted by molar-refractivity contribution is -0.116. The van der Waals surface area contributed by atoms with E-state index in [1.807, 2.05) is 30.3 Å². The highest BCUT2D eigenvalue weighted by Gasteiger charge is 2.18. The SMILES string of the molecule is COc1ccc(NC(=O)CCc2ccc(S(=O)(=O)N[C@H](C)c3ccccc3)cc2)c(OC)c1. The van der Waals surface area contributed by atoms with Gasteiger partial charge in [0.05, 0.1) is 24.8 Å². The second kappa shape index (κ2) is 11.0. The van der Waals surface area contributed by atoms with E-state index >= 15 is 0 Å². The van der Waals surface area contributed by atoms with Gasteiger partial charge in [-0.25, -0.2) is 13.1 Å². The first-order valence-electron chi connectivity index (χ1n) is 10.5. The number of anilines is 1. The molecule has 3 rings (SSSR count). The van der Waals surface area contributed by atoms with Crippen molar-refractivity contribution in [3.8, 4) is 11.5 Å². The molecule has 0 aliphatic heterocycles. The molecule has 0 fully saturated rings. The van der Waals surface area contributed by atoms with Crippen LogP contribution >= 0.6 is 0 Å². The Morgan fingerprint density at radius 2 is 1.64 bits per heavy atom. The summed E-state index contributed by atoms with van der Waals surface area (Å²) in [5.41, 5.74) is 2.31. The molecule has 0 aliphatic rings. The van der Waals surface area contributed by atoms with Crippen LogP contribution in [-0.2, 0) is 21.2 Å². The van der Waals surface area contributed by atoms with Crippen LogP contribution in [0.15, 0.2) is 77.7 Å². The molecular formula is C25H28N2O5S. The molecule has 0 heterocycles. The Hall–Kier alpha value is -3.36. The first kappa shape index (κ1) is 24.3. The number of methoxy groups -OCH3 is 2. The molecule has 2 N–H and O–H groups in total. The summed E-state index contributed by atoms with van der Waals surface area (Å²) in [7, 11) is -0.581. The van der Waals surface area contributed by atoms with Crippen molar-refractivity contribution in [3.05, 3.63) is 83.9 Å². The van der Waals surface area contributed by atoms with E-state index in [-0.39, 0.29) is 23.3 Å². The van der Waals surface area contributed by atoms with E-state index in [0.29, 0.717) is 23.6 Å². The summed E-state index contributed by atoms with van der Waals surface area (Å²) in [6.45, 7) is 1.80. The second-order valence-electron chi connectivity index (χ2n) is 7.51. The van der Waals surface area contributed by atoms with Crippen LogP contribution in [0.25, 0.3) is 0 Å². The van der Waals surface area contributed by atoms with Crippen LogP contribution in [0.5, 0.6) is 11.5 Å². The van der Waals surface area contributed by atoms with Gasteiger partial charge in [0.2, 0.25) is 15.9 Å². The number of carbonyl (C=O) groups excluding carboxylic acids is 1. The Labute approximate surface area is 194 Å². The predicted molar refractivity (Wildman–Crippen MR) is 128 cm³/mol. The number of hydrogen-bond acceptors (Lipinski definition) is 5. The molecule has 1 amide bonds. The van der Waals surface area contributed by atoms with Gasteiger partial charge < -0.3 is 14.8 Å². The monoisotopic (exact) mass is 468 g/mol. The zero-order valence-corrected chi connectivity index (χ0v) is 19.7. The van der Waals surface area contributed by atoms with Gasteiger partial charge in [-0.15, -0.1) is 0 Å². The third-order valence-corrected chi connectivity index (χ3v) is 6.75. The summed E-state index contributed by atoms with van der Waals surface area (Å²) < 4.78 is 38.6. The standard InChI is InChI=1S/C25H28N2O5S/c1-18(20-7-5-4-6-8-20)27-33(29,30)22-13-9-19(10-14-22)11-16-25(28)26-23-15-12-21(31-2)17-24(23)32-3/h4-10,12-15,17-18,27H,11,16H2,1-3H3,(H,26,28)/t18-/m1/s1. The Morgan fingerprint density at radius 3 is 2.27 bits per heavy atom. The molecule has 0 bridgehead atoms. The number of nitrogens with one attached hydrogen (secondary N) is 2. The van der Waals surface area contributed by atoms with E-state index in [0.717, 1.165) is 11.1 Å². The highest BCUT2D eigenvalue weighted by molar-refractivity contribution is 7.89. The number of rotatable bonds is 10. The van der Waals surface area contributed by atoms with Crippen LogP contribution in [0, 0.1) is 0 Å². The molecule has 3 aromatic rings. The molecule has 0 saturated heterocycles. The fraction of sp³-hybridized carbons (Fsp3) is 0.240. The van der Waals surface area contributed by atoms with Gasteiger partial charge in [0.25, 0.3) is 0 Å². The largest absolute Gasteiger partial charge is 0.497 e. The summed E-state index contributed by atoms with van der Waals surface area (Å²) in [5, 5.41) is 2.83. The topological polar surface area (TPSA) is 93.7 Å². The number of amides is 1. The molecule has 3 aromatic carbocycles. The lowest BCUT2D eigenvalue weighted by Gasteiger charge is -2.15. The third-order valence-electron chi connectivity index (χ3n) is 5.19. The van der Waals surface area contributed by atoms with Crippen LogP contribution in [-0.4, -0.2) is 28.5 Å². The smallest absolute Gasteiger partial charge is 0.241 e. The van der Waals surface area contributed by atoms with Gasteiger partial charge >= 0.3 is 0 Å². The van der Waals surface area contributed by atoms with Gasteiger partial charge in [0.1, 0.15) is 11.5 Å². The van der Waals surface area contributed by atoms with E-state index < -0.39 is 10.0 Å². The van der Waals surface area contributed by atoms with Gasteiger partial charge in [-0.2, -0.15) is 0 Å². The van der Waals surface area contributed by atoms with Crippen molar-refractivity contribution >= 4 is 21.6 Å². The molecule has 174 valence electrons. The van der Waals surface area contributed by atoms with E-state index in [9.17, 15) is 13.2 Å². The quantitative estimate of drug-likeness (QED) is 0.462. The maximum Gasteiger partial charge on any atom is 0.241 e. The van der Waals surface area contributed by atoms with Crippen LogP contribution < -0.4 is 19.5 Å². The zero-order valence-electron chi connectivity index (χ0n) is 18.9. The Bertz CT molecular complexity index is 1180. The highest BCUT2D eigenvalue weighted by Crippen LogP contribution is 2.29. The van der Waals surface area contributed by atoms with Crippen molar-refractivity contribution in [2.45, 2.75) is 30.7 Å². The first-order valence-corrected chi connectivity index (χ1v) is 12.0. The maximum atomic E-state index is 12.7. The lowest BCUT2D eigenvalue weighted by atomic mass is 10.1. The van der Waals surface area contributed by atoms with E-state index in [1.54, 1.807) is 56.5 Å². The molecule has 0 spiro atoms. The van der Waals surface area contributed by atoms with Crippen molar-refractivity contribution in [2.75, 3.05) is 19.5 Å². The number of ether oxygens (including phenoxy) is 2. The number of benzene rings is 3. The minimum Gasteiger partial charge on any atom is -0.497 e. The van der Waals surface area contributed by atoms with Gasteiger partial charge in [-0.3, -0.25) is 4.79 Å². The normalized spacial score (nSPS) is 12.1. The van der Waals surface area contributed by atoms with Crippen molar-refractivity contribution in [3.63, 3.8) is 0 Å². The van der Waals surface area contributed by atoms with Gasteiger partial charge in [-0.1, -0.05) is 42.5 Å². The van der Waals surface area contributed by atoms with Crippen molar-refractivity contribution in [1.82, 2.24) is 4.72 Å². The average molecular weight is 469 g/mol. The van der Waals surface area contributed by atoms with Gasteiger partial charge in [-0.05, 0) is 48.7 Å². The molecule has 33 heavy (non-hydrogen) atoms. The van der Waals surface area contributed by atoms with Gasteiger partial charge in [0.15, 0.2) is 0 Å². The molecule has 0 radical (unpaired) electrons. The zero-order chi connectivity index (χ0) is 23.8. The summed E-state index contributed by atoms with van der Waals surface area (Å²) in [6.07, 6.45) is 0.711. The fourth-order valence-corrected chi connectivity index (χ4v) is 4.55. The van der Waals surface area contributed by atoms with Crippen molar-refractivity contribution < 1.29 is 22.7 Å². The van der Waals surface area contributed by atoms with E-state index in [1.165, 1.54) is 7.11 Å². The minimum absolute atomic E-state index is 0.173. The average Bonchev–Trinajstić information content (AvgIpc) is 2.83. The van der Waals surface area contributed by atoms with Crippen molar-refractivity contribution in [2.24, 2.45) is 0 Å². The Balaban J connectivity index is 1.57. The van der Waals surface area contributed by atoms with Gasteiger partial charge in [0, 0.05) is 18.5 Å². The van der Waals surface area contributed by atoms with Crippen molar-refractivity contribution in [1.29, 1.82) is 0 Å². The number of hydrogen-bond donors (Lipinski definition) is 2. The summed E-state index contributed by atoms with van der Waals surface area (Å²) in [6, 6.07) is 20.7. The Morgan fingerprint density at radius 1 is 0.939 bits per heavy atom. The molecule has 7 nitrogen and oxygen atoms in total. The predicted octanol–water partition coefficient (Wildman–Crippen LogP) is 4.31. The Kier molecular flexibility index (Phi) is 8.08. The highest BCUT2D eigenvalue weighted by atomic mass is 32.2. The molecule has 8 heteroatoms. The van der Waals surface area contributed by atoms with E-state index in [4.69, 9.17) is 9.47 Å². The molecule has 1 atom stereocenters. The summed E-state index contributed by atoms with van der Waals surface area (Å²) >= 11 is 0. The minimum atomic E-state index is -3.66. The maximum absolute atomic E-state index is 12.7. The van der Waals surface area contributed by atoms with Crippen LogP contribution in [0.4, 0.5) is 5.69 Å². The first-order chi connectivity index (χ1) is 15.8. The lowest BCUT2D eigenvalue weighted by Crippen LogP contribution is -2.26.